The van der Waals surface area contributed by atoms with Crippen molar-refractivity contribution in [1.29, 1.82) is 0 Å². The Bertz CT molecular complexity index is 452. The molecule has 0 saturated heterocycles. The van der Waals surface area contributed by atoms with E-state index in [1.54, 1.807) is 12.5 Å². The lowest BCUT2D eigenvalue weighted by Gasteiger charge is -2.06. The molecule has 1 aromatic carbocycles. The van der Waals surface area contributed by atoms with Gasteiger partial charge in [-0.3, -0.25) is 0 Å². The minimum atomic E-state index is 0.523. The molecule has 0 fully saturated rings. The van der Waals surface area contributed by atoms with Gasteiger partial charge in [-0.2, -0.15) is 0 Å². The van der Waals surface area contributed by atoms with Crippen LogP contribution in [0.25, 0.3) is 0 Å². The van der Waals surface area contributed by atoms with Gasteiger partial charge in [0.05, 0.1) is 6.33 Å². The van der Waals surface area contributed by atoms with Crippen molar-refractivity contribution in [2.45, 2.75) is 18.8 Å². The highest BCUT2D eigenvalue weighted by Crippen LogP contribution is 2.19. The molecular formula is C12H12Cl2N2. The lowest BCUT2D eigenvalue weighted by Crippen LogP contribution is -1.99. The predicted molar refractivity (Wildman–Crippen MR) is 66.9 cm³/mol. The van der Waals surface area contributed by atoms with Crippen LogP contribution in [0.5, 0.6) is 0 Å². The normalized spacial score (nSPS) is 10.6. The first-order chi connectivity index (χ1) is 7.79. The van der Waals surface area contributed by atoms with Crippen LogP contribution < -0.4 is 0 Å². The fourth-order valence-corrected chi connectivity index (χ4v) is 1.95. The van der Waals surface area contributed by atoms with Crippen molar-refractivity contribution in [2.75, 3.05) is 0 Å². The van der Waals surface area contributed by atoms with Crippen molar-refractivity contribution in [3.8, 4) is 0 Å². The molecule has 0 saturated carbocycles. The summed E-state index contributed by atoms with van der Waals surface area (Å²) in [6.07, 6.45) is 6.41. The Hall–Kier alpha value is -0.990. The molecule has 0 aliphatic heterocycles. The Morgan fingerprint density at radius 2 is 2.19 bits per heavy atom. The number of imidazole rings is 1. The minimum absolute atomic E-state index is 0.523. The quantitative estimate of drug-likeness (QED) is 0.764. The maximum Gasteiger partial charge on any atom is 0.0946 e. The number of benzene rings is 1. The third-order valence-electron chi connectivity index (χ3n) is 2.46. The largest absolute Gasteiger partial charge is 0.337 e. The van der Waals surface area contributed by atoms with Crippen LogP contribution in [0.4, 0.5) is 0 Å². The number of hydrogen-bond acceptors (Lipinski definition) is 1. The zero-order valence-electron chi connectivity index (χ0n) is 8.74. The van der Waals surface area contributed by atoms with Gasteiger partial charge in [-0.15, -0.1) is 11.6 Å². The maximum absolute atomic E-state index is 6.13. The van der Waals surface area contributed by atoms with E-state index in [9.17, 15) is 0 Å². The Morgan fingerprint density at radius 3 is 2.88 bits per heavy atom. The number of aryl methyl sites for hydroxylation is 2. The van der Waals surface area contributed by atoms with Gasteiger partial charge in [0, 0.05) is 29.8 Å². The molecule has 84 valence electrons. The minimum Gasteiger partial charge on any atom is -0.337 e. The summed E-state index contributed by atoms with van der Waals surface area (Å²) < 4.78 is 2.03. The third-order valence-corrected chi connectivity index (χ3v) is 3.14. The second kappa shape index (κ2) is 5.37. The molecule has 0 amide bonds. The fourth-order valence-electron chi connectivity index (χ4n) is 1.57. The molecule has 2 aromatic rings. The summed E-state index contributed by atoms with van der Waals surface area (Å²) in [6, 6.07) is 5.92. The van der Waals surface area contributed by atoms with Crippen molar-refractivity contribution in [1.82, 2.24) is 9.55 Å². The van der Waals surface area contributed by atoms with Crippen molar-refractivity contribution < 1.29 is 0 Å². The van der Waals surface area contributed by atoms with Gasteiger partial charge in [-0.25, -0.2) is 4.98 Å². The van der Waals surface area contributed by atoms with Crippen LogP contribution >= 0.6 is 23.2 Å². The van der Waals surface area contributed by atoms with Gasteiger partial charge < -0.3 is 4.57 Å². The number of aromatic nitrogens is 2. The molecule has 0 spiro atoms. The summed E-state index contributed by atoms with van der Waals surface area (Å²) in [4.78, 5) is 4.00. The molecule has 0 bridgehead atoms. The average Bonchev–Trinajstić information content (AvgIpc) is 2.81. The van der Waals surface area contributed by atoms with E-state index in [1.165, 1.54) is 0 Å². The van der Waals surface area contributed by atoms with E-state index >= 15 is 0 Å². The van der Waals surface area contributed by atoms with E-state index in [2.05, 4.69) is 11.1 Å². The van der Waals surface area contributed by atoms with Gasteiger partial charge in [0.2, 0.25) is 0 Å². The van der Waals surface area contributed by atoms with Crippen LogP contribution in [0, 0.1) is 0 Å². The summed E-state index contributed by atoms with van der Waals surface area (Å²) in [6.45, 7) is 0.880. The molecule has 0 aliphatic carbocycles. The highest BCUT2D eigenvalue weighted by molar-refractivity contribution is 6.31. The highest BCUT2D eigenvalue weighted by Gasteiger charge is 2.02. The number of alkyl halides is 1. The maximum atomic E-state index is 6.13. The molecule has 2 nitrogen and oxygen atoms in total. The monoisotopic (exact) mass is 254 g/mol. The van der Waals surface area contributed by atoms with Crippen molar-refractivity contribution in [2.24, 2.45) is 0 Å². The summed E-state index contributed by atoms with van der Waals surface area (Å²) in [5.74, 6) is 0.523. The molecule has 4 heteroatoms. The first kappa shape index (κ1) is 11.5. The Morgan fingerprint density at radius 1 is 1.31 bits per heavy atom. The van der Waals surface area contributed by atoms with Gasteiger partial charge in [-0.05, 0) is 23.6 Å². The van der Waals surface area contributed by atoms with Crippen LogP contribution in [0.1, 0.15) is 11.1 Å². The van der Waals surface area contributed by atoms with Crippen molar-refractivity contribution in [3.63, 3.8) is 0 Å². The van der Waals surface area contributed by atoms with Crippen LogP contribution in [-0.2, 0) is 18.8 Å². The van der Waals surface area contributed by atoms with Crippen LogP contribution in [0.15, 0.2) is 36.9 Å². The van der Waals surface area contributed by atoms with Gasteiger partial charge in [0.1, 0.15) is 0 Å². The second-order valence-electron chi connectivity index (χ2n) is 3.61. The van der Waals surface area contributed by atoms with E-state index < -0.39 is 0 Å². The fraction of sp³-hybridized carbons (Fsp3) is 0.250. The van der Waals surface area contributed by atoms with E-state index in [4.69, 9.17) is 23.2 Å². The molecule has 16 heavy (non-hydrogen) atoms. The molecule has 0 N–H and O–H groups in total. The number of nitrogens with zero attached hydrogens (tertiary/aromatic N) is 2. The molecule has 2 rings (SSSR count). The van der Waals surface area contributed by atoms with E-state index in [1.807, 2.05) is 22.9 Å². The summed E-state index contributed by atoms with van der Waals surface area (Å²) >= 11 is 11.9. The summed E-state index contributed by atoms with van der Waals surface area (Å²) in [5, 5.41) is 0.800. The predicted octanol–water partition coefficient (Wildman–Crippen LogP) is 3.52. The lowest BCUT2D eigenvalue weighted by atomic mass is 10.1. The van der Waals surface area contributed by atoms with E-state index in [-0.39, 0.29) is 0 Å². The summed E-state index contributed by atoms with van der Waals surface area (Å²) in [7, 11) is 0. The number of rotatable bonds is 4. The number of halogens is 2. The average molecular weight is 255 g/mol. The van der Waals surface area contributed by atoms with E-state index in [0.717, 1.165) is 29.1 Å². The smallest absolute Gasteiger partial charge is 0.0946 e. The van der Waals surface area contributed by atoms with Crippen LogP contribution in [-0.4, -0.2) is 9.55 Å². The summed E-state index contributed by atoms with van der Waals surface area (Å²) in [5.41, 5.74) is 2.24. The van der Waals surface area contributed by atoms with Gasteiger partial charge >= 0.3 is 0 Å². The molecule has 0 unspecified atom stereocenters. The molecule has 0 aliphatic rings. The lowest BCUT2D eigenvalue weighted by molar-refractivity contribution is 0.695. The van der Waals surface area contributed by atoms with Crippen molar-refractivity contribution >= 4 is 23.2 Å². The molecular weight excluding hydrogens is 243 g/mol. The zero-order valence-corrected chi connectivity index (χ0v) is 10.2. The second-order valence-corrected chi connectivity index (χ2v) is 4.28. The molecule has 1 heterocycles. The van der Waals surface area contributed by atoms with Gasteiger partial charge in [-0.1, -0.05) is 23.7 Å². The highest BCUT2D eigenvalue weighted by atomic mass is 35.5. The van der Waals surface area contributed by atoms with Crippen LogP contribution in [0.2, 0.25) is 5.02 Å². The number of hydrogen-bond donors (Lipinski definition) is 0. The first-order valence-electron chi connectivity index (χ1n) is 5.08. The van der Waals surface area contributed by atoms with Crippen LogP contribution in [0.3, 0.4) is 0 Å². The van der Waals surface area contributed by atoms with Crippen molar-refractivity contribution in [3.05, 3.63) is 53.1 Å². The van der Waals surface area contributed by atoms with Gasteiger partial charge in [0.15, 0.2) is 0 Å². The Balaban J connectivity index is 2.08. The Labute approximate surface area is 105 Å². The Kier molecular flexibility index (Phi) is 3.86. The first-order valence-corrected chi connectivity index (χ1v) is 6.00. The molecule has 0 radical (unpaired) electrons. The molecule has 1 aromatic heterocycles. The molecule has 0 atom stereocenters. The third kappa shape index (κ3) is 2.77. The SMILES string of the molecule is ClCc1ccc(Cl)c(CCn2ccnc2)c1. The topological polar surface area (TPSA) is 17.8 Å². The van der Waals surface area contributed by atoms with Gasteiger partial charge in [0.25, 0.3) is 0 Å². The zero-order chi connectivity index (χ0) is 11.4. The standard InChI is InChI=1S/C12H12Cl2N2/c13-8-10-1-2-12(14)11(7-10)3-5-16-6-4-15-9-16/h1-2,4,6-7,9H,3,5,8H2. The van der Waals surface area contributed by atoms with E-state index in [0.29, 0.717) is 5.88 Å².